The summed E-state index contributed by atoms with van der Waals surface area (Å²) in [5.41, 5.74) is 0.327. The maximum atomic E-state index is 12.6. The Morgan fingerprint density at radius 3 is 2.65 bits per heavy atom. The molecule has 0 aliphatic carbocycles. The van der Waals surface area contributed by atoms with Gasteiger partial charge in [0.25, 0.3) is 0 Å². The molecular weight excluding hydrogens is 273 g/mol. The Kier molecular flexibility index (Phi) is 5.12. The van der Waals surface area contributed by atoms with Crippen molar-refractivity contribution in [3.8, 4) is 0 Å². The molecule has 20 heavy (non-hydrogen) atoms. The van der Waals surface area contributed by atoms with E-state index in [1.807, 2.05) is 0 Å². The fourth-order valence-electron chi connectivity index (χ4n) is 1.64. The second-order valence-corrected chi connectivity index (χ2v) is 4.42. The maximum Gasteiger partial charge on any atom is 0.405 e. The van der Waals surface area contributed by atoms with Crippen molar-refractivity contribution in [2.75, 3.05) is 11.4 Å². The number of halogens is 3. The fraction of sp³-hybridized carbons (Fsp3) is 0.385. The highest BCUT2D eigenvalue weighted by Gasteiger charge is 2.33. The first-order valence-corrected chi connectivity index (χ1v) is 5.90. The van der Waals surface area contributed by atoms with Crippen molar-refractivity contribution in [2.45, 2.75) is 26.1 Å². The van der Waals surface area contributed by atoms with E-state index in [4.69, 9.17) is 5.11 Å². The van der Waals surface area contributed by atoms with Gasteiger partial charge < -0.3 is 10.0 Å². The van der Waals surface area contributed by atoms with E-state index in [0.717, 1.165) is 11.0 Å². The molecule has 7 heteroatoms. The van der Waals surface area contributed by atoms with Crippen LogP contribution >= 0.6 is 0 Å². The summed E-state index contributed by atoms with van der Waals surface area (Å²) in [5, 5.41) is 8.60. The third-order valence-corrected chi connectivity index (χ3v) is 2.47. The molecule has 0 aromatic carbocycles. The number of carbonyl (C=O) groups is 1. The molecule has 1 rings (SSSR count). The number of alkyl halides is 3. The topological polar surface area (TPSA) is 53.4 Å². The lowest BCUT2D eigenvalue weighted by atomic mass is 10.2. The van der Waals surface area contributed by atoms with E-state index < -0.39 is 24.7 Å². The van der Waals surface area contributed by atoms with Crippen molar-refractivity contribution >= 4 is 17.9 Å². The lowest BCUT2D eigenvalue weighted by Gasteiger charge is -2.29. The van der Waals surface area contributed by atoms with Crippen LogP contribution in [0.4, 0.5) is 19.0 Å². The Labute approximate surface area is 114 Å². The summed E-state index contributed by atoms with van der Waals surface area (Å²) in [7, 11) is 0. The van der Waals surface area contributed by atoms with Crippen LogP contribution in [-0.4, -0.2) is 34.8 Å². The summed E-state index contributed by atoms with van der Waals surface area (Å²) in [6.45, 7) is 2.09. The minimum absolute atomic E-state index is 0.109. The zero-order valence-corrected chi connectivity index (χ0v) is 11.1. The molecule has 0 unspecified atom stereocenters. The van der Waals surface area contributed by atoms with Crippen molar-refractivity contribution in [1.82, 2.24) is 4.98 Å². The van der Waals surface area contributed by atoms with Crippen LogP contribution in [0, 0.1) is 0 Å². The summed E-state index contributed by atoms with van der Waals surface area (Å²) in [6.07, 6.45) is -0.891. The van der Waals surface area contributed by atoms with E-state index in [9.17, 15) is 18.0 Å². The van der Waals surface area contributed by atoms with Crippen molar-refractivity contribution in [1.29, 1.82) is 0 Å². The van der Waals surface area contributed by atoms with Gasteiger partial charge in [-0.2, -0.15) is 13.2 Å². The van der Waals surface area contributed by atoms with E-state index in [0.29, 0.717) is 5.56 Å². The van der Waals surface area contributed by atoms with E-state index in [1.54, 1.807) is 13.8 Å². The molecule has 110 valence electrons. The van der Waals surface area contributed by atoms with Gasteiger partial charge in [-0.1, -0.05) is 0 Å². The third kappa shape index (κ3) is 4.91. The quantitative estimate of drug-likeness (QED) is 0.846. The monoisotopic (exact) mass is 288 g/mol. The van der Waals surface area contributed by atoms with Gasteiger partial charge >= 0.3 is 12.1 Å². The minimum Gasteiger partial charge on any atom is -0.478 e. The van der Waals surface area contributed by atoms with Crippen LogP contribution in [-0.2, 0) is 4.79 Å². The van der Waals surface area contributed by atoms with Gasteiger partial charge in [-0.25, -0.2) is 9.78 Å². The Bertz CT molecular complexity index is 499. The van der Waals surface area contributed by atoms with Crippen LogP contribution in [0.1, 0.15) is 19.4 Å². The molecule has 0 atom stereocenters. The van der Waals surface area contributed by atoms with E-state index in [-0.39, 0.29) is 5.82 Å². The van der Waals surface area contributed by atoms with E-state index >= 15 is 0 Å². The van der Waals surface area contributed by atoms with Crippen LogP contribution in [0.2, 0.25) is 0 Å². The molecular formula is C13H15F3N2O2. The molecule has 0 fully saturated rings. The van der Waals surface area contributed by atoms with Gasteiger partial charge in [-0.15, -0.1) is 0 Å². The summed E-state index contributed by atoms with van der Waals surface area (Å²) in [4.78, 5) is 15.5. The number of anilines is 1. The number of aromatic nitrogens is 1. The summed E-state index contributed by atoms with van der Waals surface area (Å²) in [6, 6.07) is 2.63. The number of carboxylic acids is 1. The normalized spacial score (nSPS) is 12.1. The largest absolute Gasteiger partial charge is 0.478 e. The van der Waals surface area contributed by atoms with Gasteiger partial charge in [0, 0.05) is 23.9 Å². The van der Waals surface area contributed by atoms with Crippen molar-refractivity contribution < 1.29 is 23.1 Å². The summed E-state index contributed by atoms with van der Waals surface area (Å²) in [5.74, 6) is -1.07. The lowest BCUT2D eigenvalue weighted by molar-refractivity contribution is -0.131. The van der Waals surface area contributed by atoms with Crippen LogP contribution in [0.3, 0.4) is 0 Å². The van der Waals surface area contributed by atoms with Crippen molar-refractivity contribution in [2.24, 2.45) is 0 Å². The molecule has 0 radical (unpaired) electrons. The first kappa shape index (κ1) is 16.0. The zero-order chi connectivity index (χ0) is 15.3. The molecule has 1 N–H and O–H groups in total. The molecule has 0 aliphatic heterocycles. The van der Waals surface area contributed by atoms with Crippen LogP contribution < -0.4 is 4.90 Å². The second kappa shape index (κ2) is 6.40. The van der Waals surface area contributed by atoms with E-state index in [1.165, 1.54) is 24.4 Å². The summed E-state index contributed by atoms with van der Waals surface area (Å²) < 4.78 is 37.8. The third-order valence-electron chi connectivity index (χ3n) is 2.47. The van der Waals surface area contributed by atoms with Gasteiger partial charge in [0.1, 0.15) is 12.4 Å². The highest BCUT2D eigenvalue weighted by molar-refractivity contribution is 5.86. The number of pyridine rings is 1. The van der Waals surface area contributed by atoms with Crippen LogP contribution in [0.15, 0.2) is 24.4 Å². The fourth-order valence-corrected chi connectivity index (χ4v) is 1.64. The molecule has 0 bridgehead atoms. The van der Waals surface area contributed by atoms with Crippen molar-refractivity contribution in [3.05, 3.63) is 30.0 Å². The van der Waals surface area contributed by atoms with E-state index in [2.05, 4.69) is 4.98 Å². The molecule has 0 spiro atoms. The van der Waals surface area contributed by atoms with Gasteiger partial charge in [0.05, 0.1) is 0 Å². The predicted molar refractivity (Wildman–Crippen MR) is 69.4 cm³/mol. The highest BCUT2D eigenvalue weighted by atomic mass is 19.4. The molecule has 4 nitrogen and oxygen atoms in total. The standard InChI is InChI=1S/C13H15F3N2O2/c1-9(2)18(8-13(14,15)16)12-10(4-3-7-17-12)5-6-11(19)20/h3-7,9H,8H2,1-2H3,(H,19,20)/b6-5+. The van der Waals surface area contributed by atoms with Gasteiger partial charge in [0.2, 0.25) is 0 Å². The van der Waals surface area contributed by atoms with Crippen LogP contribution in [0.5, 0.6) is 0 Å². The average molecular weight is 288 g/mol. The lowest BCUT2D eigenvalue weighted by Crippen LogP contribution is -2.40. The first-order valence-electron chi connectivity index (χ1n) is 5.90. The van der Waals surface area contributed by atoms with Gasteiger partial charge in [-0.05, 0) is 32.1 Å². The molecule has 0 saturated heterocycles. The van der Waals surface area contributed by atoms with Gasteiger partial charge in [-0.3, -0.25) is 0 Å². The Morgan fingerprint density at radius 2 is 2.15 bits per heavy atom. The van der Waals surface area contributed by atoms with Gasteiger partial charge in [0.15, 0.2) is 0 Å². The van der Waals surface area contributed by atoms with Crippen molar-refractivity contribution in [3.63, 3.8) is 0 Å². The summed E-state index contributed by atoms with van der Waals surface area (Å²) >= 11 is 0. The number of rotatable bonds is 5. The molecule has 1 aromatic heterocycles. The SMILES string of the molecule is CC(C)N(CC(F)(F)F)c1ncccc1/C=C/C(=O)O. The number of hydrogen-bond acceptors (Lipinski definition) is 3. The maximum absolute atomic E-state index is 12.6. The van der Waals surface area contributed by atoms with Crippen LogP contribution in [0.25, 0.3) is 6.08 Å². The first-order chi connectivity index (χ1) is 9.20. The number of nitrogens with zero attached hydrogens (tertiary/aromatic N) is 2. The number of carboxylic acid groups (broad SMARTS) is 1. The molecule has 1 heterocycles. The Morgan fingerprint density at radius 1 is 1.50 bits per heavy atom. The average Bonchev–Trinajstić information content (AvgIpc) is 2.32. The second-order valence-electron chi connectivity index (χ2n) is 4.42. The molecule has 0 saturated carbocycles. The Balaban J connectivity index is 3.17. The smallest absolute Gasteiger partial charge is 0.405 e. The molecule has 1 aromatic rings. The Hall–Kier alpha value is -2.05. The predicted octanol–water partition coefficient (Wildman–Crippen LogP) is 2.96. The minimum atomic E-state index is -4.37. The number of hydrogen-bond donors (Lipinski definition) is 1. The molecule has 0 aliphatic rings. The molecule has 0 amide bonds. The zero-order valence-electron chi connectivity index (χ0n) is 11.1. The highest BCUT2D eigenvalue weighted by Crippen LogP contribution is 2.26. The number of aliphatic carboxylic acids is 1.